The Balaban J connectivity index is 1.90. The normalized spacial score (nSPS) is 12.8. The second-order valence-electron chi connectivity index (χ2n) is 7.61. The molecule has 29 heavy (non-hydrogen) atoms. The Morgan fingerprint density at radius 2 is 1.69 bits per heavy atom. The number of ether oxygens (including phenoxy) is 1. The fourth-order valence-electron chi connectivity index (χ4n) is 2.89. The summed E-state index contributed by atoms with van der Waals surface area (Å²) in [5, 5.41) is 3.05. The second-order valence-corrected chi connectivity index (χ2v) is 9.70. The highest BCUT2D eigenvalue weighted by Crippen LogP contribution is 2.21. The van der Waals surface area contributed by atoms with Crippen LogP contribution in [0.25, 0.3) is 0 Å². The fraction of sp³-hybridized carbons (Fsp3) is 0.409. The van der Waals surface area contributed by atoms with E-state index in [1.165, 1.54) is 17.6 Å². The van der Waals surface area contributed by atoms with E-state index >= 15 is 0 Å². The van der Waals surface area contributed by atoms with Gasteiger partial charge in [-0.15, -0.1) is 0 Å². The fourth-order valence-corrected chi connectivity index (χ4v) is 3.27. The maximum atomic E-state index is 12.4. The smallest absolute Gasteiger partial charge is 0.258 e. The van der Waals surface area contributed by atoms with Crippen LogP contribution in [-0.2, 0) is 21.4 Å². The van der Waals surface area contributed by atoms with Crippen molar-refractivity contribution in [1.82, 2.24) is 9.62 Å². The Kier molecular flexibility index (Phi) is 8.22. The molecule has 0 spiro atoms. The first-order valence-corrected chi connectivity index (χ1v) is 11.5. The van der Waals surface area contributed by atoms with Crippen molar-refractivity contribution in [2.75, 3.05) is 19.9 Å². The lowest BCUT2D eigenvalue weighted by atomic mass is 9.97. The van der Waals surface area contributed by atoms with Crippen LogP contribution in [0.5, 0.6) is 5.75 Å². The van der Waals surface area contributed by atoms with E-state index in [0.717, 1.165) is 17.5 Å². The summed E-state index contributed by atoms with van der Waals surface area (Å²) in [5.41, 5.74) is 1.92. The van der Waals surface area contributed by atoms with Crippen LogP contribution in [0.3, 0.4) is 0 Å². The zero-order chi connectivity index (χ0) is 21.4. The molecule has 158 valence electrons. The Morgan fingerprint density at radius 3 is 2.24 bits per heavy atom. The summed E-state index contributed by atoms with van der Waals surface area (Å²) in [6, 6.07) is 16.9. The molecule has 0 saturated heterocycles. The van der Waals surface area contributed by atoms with Crippen LogP contribution in [0.1, 0.15) is 37.4 Å². The maximum Gasteiger partial charge on any atom is 0.258 e. The van der Waals surface area contributed by atoms with E-state index in [2.05, 4.69) is 19.2 Å². The molecule has 0 aliphatic heterocycles. The van der Waals surface area contributed by atoms with Crippen LogP contribution >= 0.6 is 0 Å². The zero-order valence-corrected chi connectivity index (χ0v) is 18.3. The second kappa shape index (κ2) is 10.4. The number of amides is 1. The highest BCUT2D eigenvalue weighted by Gasteiger charge is 2.16. The summed E-state index contributed by atoms with van der Waals surface area (Å²) >= 11 is 0. The molecule has 0 saturated carbocycles. The van der Waals surface area contributed by atoms with Gasteiger partial charge in [-0.3, -0.25) is 4.79 Å². The van der Waals surface area contributed by atoms with Crippen molar-refractivity contribution in [3.05, 3.63) is 65.7 Å². The van der Waals surface area contributed by atoms with E-state index in [1.807, 2.05) is 30.3 Å². The number of carbonyl (C=O) groups is 1. The van der Waals surface area contributed by atoms with Gasteiger partial charge in [0.05, 0.1) is 12.3 Å². The molecule has 0 fully saturated rings. The molecule has 0 aliphatic carbocycles. The number of hydrogen-bond acceptors (Lipinski definition) is 4. The number of rotatable bonds is 10. The minimum Gasteiger partial charge on any atom is -0.484 e. The minimum absolute atomic E-state index is 0.0544. The van der Waals surface area contributed by atoms with Crippen LogP contribution < -0.4 is 10.1 Å². The molecule has 0 heterocycles. The first-order valence-electron chi connectivity index (χ1n) is 9.62. The maximum absolute atomic E-state index is 12.4. The van der Waals surface area contributed by atoms with E-state index in [1.54, 1.807) is 24.3 Å². The van der Waals surface area contributed by atoms with E-state index in [4.69, 9.17) is 4.74 Å². The first kappa shape index (κ1) is 22.9. The average Bonchev–Trinajstić information content (AvgIpc) is 2.66. The summed E-state index contributed by atoms with van der Waals surface area (Å²) in [6.07, 6.45) is 2.02. The predicted octanol–water partition coefficient (Wildman–Crippen LogP) is 3.36. The summed E-state index contributed by atoms with van der Waals surface area (Å²) in [4.78, 5) is 12.4. The molecule has 7 heteroatoms. The van der Waals surface area contributed by atoms with E-state index in [0.29, 0.717) is 11.7 Å². The predicted molar refractivity (Wildman–Crippen MR) is 115 cm³/mol. The number of nitrogens with one attached hydrogen (secondary N) is 1. The molecule has 1 amide bonds. The summed E-state index contributed by atoms with van der Waals surface area (Å²) in [5.74, 6) is 0.824. The third-order valence-electron chi connectivity index (χ3n) is 4.51. The molecule has 2 rings (SSSR count). The van der Waals surface area contributed by atoms with E-state index in [9.17, 15) is 13.2 Å². The van der Waals surface area contributed by atoms with Gasteiger partial charge in [-0.25, -0.2) is 12.7 Å². The number of hydrogen-bond donors (Lipinski definition) is 1. The summed E-state index contributed by atoms with van der Waals surface area (Å²) in [7, 11) is -1.69. The Hall–Kier alpha value is -2.38. The SMILES string of the molecule is CC(C)C[C@@H](NC(=O)COc1ccc(CN(C)S(C)(=O)=O)cc1)c1ccccc1. The molecular formula is C22H30N2O4S. The van der Waals surface area contributed by atoms with Gasteiger partial charge < -0.3 is 10.1 Å². The summed E-state index contributed by atoms with van der Waals surface area (Å²) < 4.78 is 29.9. The zero-order valence-electron chi connectivity index (χ0n) is 17.5. The third kappa shape index (κ3) is 7.87. The minimum atomic E-state index is -3.23. The van der Waals surface area contributed by atoms with Gasteiger partial charge in [0.2, 0.25) is 10.0 Å². The van der Waals surface area contributed by atoms with Crippen LogP contribution in [0, 0.1) is 5.92 Å². The molecule has 0 unspecified atom stereocenters. The van der Waals surface area contributed by atoms with Crippen molar-refractivity contribution in [2.24, 2.45) is 5.92 Å². The van der Waals surface area contributed by atoms with Gasteiger partial charge in [0.15, 0.2) is 6.61 Å². The molecule has 1 atom stereocenters. The molecule has 0 radical (unpaired) electrons. The lowest BCUT2D eigenvalue weighted by Crippen LogP contribution is -2.33. The van der Waals surface area contributed by atoms with Gasteiger partial charge in [0, 0.05) is 13.6 Å². The van der Waals surface area contributed by atoms with Crippen molar-refractivity contribution in [3.8, 4) is 5.75 Å². The van der Waals surface area contributed by atoms with Gasteiger partial charge in [0.25, 0.3) is 5.91 Å². The molecular weight excluding hydrogens is 388 g/mol. The summed E-state index contributed by atoms with van der Waals surface area (Å²) in [6.45, 7) is 4.46. The quantitative estimate of drug-likeness (QED) is 0.642. The number of nitrogens with zero attached hydrogens (tertiary/aromatic N) is 1. The van der Waals surface area contributed by atoms with Crippen molar-refractivity contribution in [2.45, 2.75) is 32.9 Å². The Labute approximate surface area is 173 Å². The monoisotopic (exact) mass is 418 g/mol. The van der Waals surface area contributed by atoms with Crippen molar-refractivity contribution in [1.29, 1.82) is 0 Å². The van der Waals surface area contributed by atoms with Gasteiger partial charge in [-0.2, -0.15) is 0 Å². The molecule has 0 aromatic heterocycles. The van der Waals surface area contributed by atoms with E-state index in [-0.39, 0.29) is 25.1 Å². The molecule has 1 N–H and O–H groups in total. The number of benzene rings is 2. The van der Waals surface area contributed by atoms with Gasteiger partial charge in [-0.1, -0.05) is 56.3 Å². The van der Waals surface area contributed by atoms with Crippen LogP contribution in [0.4, 0.5) is 0 Å². The highest BCUT2D eigenvalue weighted by atomic mass is 32.2. The standard InChI is InChI=1S/C22H30N2O4S/c1-17(2)14-21(19-8-6-5-7-9-19)23-22(25)16-28-20-12-10-18(11-13-20)15-24(3)29(4,26)27/h5-13,17,21H,14-16H2,1-4H3,(H,23,25)/t21-/m1/s1. The first-order chi connectivity index (χ1) is 13.6. The van der Waals surface area contributed by atoms with Gasteiger partial charge in [-0.05, 0) is 35.6 Å². The topological polar surface area (TPSA) is 75.7 Å². The highest BCUT2D eigenvalue weighted by molar-refractivity contribution is 7.88. The van der Waals surface area contributed by atoms with Crippen LogP contribution in [0.15, 0.2) is 54.6 Å². The largest absolute Gasteiger partial charge is 0.484 e. The van der Waals surface area contributed by atoms with Crippen LogP contribution in [0.2, 0.25) is 0 Å². The molecule has 0 bridgehead atoms. The number of carbonyl (C=O) groups excluding carboxylic acids is 1. The van der Waals surface area contributed by atoms with Gasteiger partial charge in [0.1, 0.15) is 5.75 Å². The third-order valence-corrected chi connectivity index (χ3v) is 5.77. The lowest BCUT2D eigenvalue weighted by Gasteiger charge is -2.21. The van der Waals surface area contributed by atoms with Crippen molar-refractivity contribution >= 4 is 15.9 Å². The molecule has 6 nitrogen and oxygen atoms in total. The van der Waals surface area contributed by atoms with Crippen molar-refractivity contribution < 1.29 is 17.9 Å². The van der Waals surface area contributed by atoms with Crippen molar-refractivity contribution in [3.63, 3.8) is 0 Å². The number of sulfonamides is 1. The Bertz CT molecular complexity index is 881. The molecule has 0 aliphatic rings. The average molecular weight is 419 g/mol. The van der Waals surface area contributed by atoms with Gasteiger partial charge >= 0.3 is 0 Å². The molecule has 2 aromatic carbocycles. The van der Waals surface area contributed by atoms with E-state index < -0.39 is 10.0 Å². The lowest BCUT2D eigenvalue weighted by molar-refractivity contribution is -0.124. The Morgan fingerprint density at radius 1 is 1.07 bits per heavy atom. The van der Waals surface area contributed by atoms with Crippen LogP contribution in [-0.4, -0.2) is 38.5 Å². The molecule has 2 aromatic rings.